The number of nitrogens with one attached hydrogen (secondary N) is 1. The largest absolute Gasteiger partial charge is 0.420 e. The van der Waals surface area contributed by atoms with Gasteiger partial charge < -0.3 is 9.73 Å². The molecule has 0 atom stereocenters. The standard InChI is InChI=1S/C16H11Cl2N3O5/c17-10-2-1-9(12(18)5-10)7-19-15(22)8-20-13-4-3-11(21(24)25)6-14(13)26-16(20)23/h1-6H,7-8H2,(H,19,22). The van der Waals surface area contributed by atoms with Gasteiger partial charge >= 0.3 is 5.76 Å². The number of halogens is 2. The number of hydrogen-bond donors (Lipinski definition) is 1. The summed E-state index contributed by atoms with van der Waals surface area (Å²) < 4.78 is 6.07. The van der Waals surface area contributed by atoms with Crippen LogP contribution in [-0.4, -0.2) is 15.4 Å². The molecule has 8 nitrogen and oxygen atoms in total. The molecule has 0 saturated heterocycles. The predicted molar refractivity (Wildman–Crippen MR) is 95.4 cm³/mol. The second kappa shape index (κ2) is 7.19. The smallest absolute Gasteiger partial charge is 0.407 e. The molecule has 1 N–H and O–H groups in total. The number of carbonyl (C=O) groups excluding carboxylic acids is 1. The molecule has 2 aromatic carbocycles. The first kappa shape index (κ1) is 18.0. The van der Waals surface area contributed by atoms with E-state index in [1.165, 1.54) is 12.1 Å². The van der Waals surface area contributed by atoms with Crippen molar-refractivity contribution in [2.24, 2.45) is 0 Å². The van der Waals surface area contributed by atoms with E-state index in [9.17, 15) is 19.7 Å². The van der Waals surface area contributed by atoms with E-state index in [0.29, 0.717) is 21.1 Å². The summed E-state index contributed by atoms with van der Waals surface area (Å²) in [6.45, 7) is -0.139. The molecule has 0 aliphatic rings. The Labute approximate surface area is 156 Å². The van der Waals surface area contributed by atoms with Gasteiger partial charge in [0.2, 0.25) is 5.91 Å². The summed E-state index contributed by atoms with van der Waals surface area (Å²) in [7, 11) is 0. The van der Waals surface area contributed by atoms with E-state index in [4.69, 9.17) is 27.6 Å². The maximum atomic E-state index is 12.1. The minimum absolute atomic E-state index is 0.0396. The average Bonchev–Trinajstić information content (AvgIpc) is 2.89. The first-order valence-electron chi connectivity index (χ1n) is 7.33. The first-order chi connectivity index (χ1) is 12.3. The molecule has 0 aliphatic carbocycles. The molecule has 0 unspecified atom stereocenters. The van der Waals surface area contributed by atoms with E-state index in [2.05, 4.69) is 5.32 Å². The Bertz CT molecular complexity index is 1070. The van der Waals surface area contributed by atoms with E-state index < -0.39 is 16.6 Å². The van der Waals surface area contributed by atoms with Crippen molar-refractivity contribution in [2.75, 3.05) is 0 Å². The summed E-state index contributed by atoms with van der Waals surface area (Å²) in [6, 6.07) is 8.63. The van der Waals surface area contributed by atoms with Gasteiger partial charge in [0.25, 0.3) is 5.69 Å². The number of non-ortho nitro benzene ring substituents is 1. The second-order valence-electron chi connectivity index (χ2n) is 5.38. The summed E-state index contributed by atoms with van der Waals surface area (Å²) in [6.07, 6.45) is 0. The highest BCUT2D eigenvalue weighted by Gasteiger charge is 2.16. The Balaban J connectivity index is 1.76. The third-order valence-corrected chi connectivity index (χ3v) is 4.24. The van der Waals surface area contributed by atoms with Crippen molar-refractivity contribution in [3.63, 3.8) is 0 Å². The van der Waals surface area contributed by atoms with Gasteiger partial charge in [-0.1, -0.05) is 29.3 Å². The fourth-order valence-corrected chi connectivity index (χ4v) is 2.85. The first-order valence-corrected chi connectivity index (χ1v) is 8.09. The number of aromatic nitrogens is 1. The third-order valence-electron chi connectivity index (χ3n) is 3.66. The van der Waals surface area contributed by atoms with Crippen LogP contribution in [0.25, 0.3) is 11.1 Å². The number of nitro benzene ring substituents is 1. The molecular formula is C16H11Cl2N3O5. The summed E-state index contributed by atoms with van der Waals surface area (Å²) >= 11 is 11.9. The Morgan fingerprint density at radius 3 is 2.69 bits per heavy atom. The lowest BCUT2D eigenvalue weighted by atomic mass is 10.2. The van der Waals surface area contributed by atoms with Gasteiger partial charge in [0.05, 0.1) is 16.5 Å². The molecule has 1 amide bonds. The normalized spacial score (nSPS) is 10.8. The van der Waals surface area contributed by atoms with Crippen LogP contribution in [0.1, 0.15) is 5.56 Å². The van der Waals surface area contributed by atoms with E-state index in [1.807, 2.05) is 0 Å². The van der Waals surface area contributed by atoms with Crippen molar-refractivity contribution in [1.29, 1.82) is 0 Å². The number of nitrogens with zero attached hydrogens (tertiary/aromatic N) is 2. The third kappa shape index (κ3) is 3.71. The molecule has 1 aromatic heterocycles. The van der Waals surface area contributed by atoms with Crippen molar-refractivity contribution in [2.45, 2.75) is 13.1 Å². The van der Waals surface area contributed by atoms with E-state index in [1.54, 1.807) is 18.2 Å². The number of rotatable bonds is 5. The minimum atomic E-state index is -0.778. The van der Waals surface area contributed by atoms with Gasteiger partial charge in [-0.3, -0.25) is 19.5 Å². The van der Waals surface area contributed by atoms with Crippen LogP contribution in [0.2, 0.25) is 10.0 Å². The van der Waals surface area contributed by atoms with Crippen LogP contribution in [0, 0.1) is 10.1 Å². The lowest BCUT2D eigenvalue weighted by Gasteiger charge is -2.07. The summed E-state index contributed by atoms with van der Waals surface area (Å²) in [4.78, 5) is 34.3. The molecule has 26 heavy (non-hydrogen) atoms. The SMILES string of the molecule is O=C(Cn1c(=O)oc2cc([N+](=O)[O-])ccc21)NCc1ccc(Cl)cc1Cl. The lowest BCUT2D eigenvalue weighted by molar-refractivity contribution is -0.384. The van der Waals surface area contributed by atoms with Crippen molar-refractivity contribution in [3.8, 4) is 0 Å². The van der Waals surface area contributed by atoms with Crippen LogP contribution in [0.15, 0.2) is 45.6 Å². The molecule has 1 heterocycles. The van der Waals surface area contributed by atoms with Crippen LogP contribution < -0.4 is 11.1 Å². The highest BCUT2D eigenvalue weighted by molar-refractivity contribution is 6.35. The maximum Gasteiger partial charge on any atom is 0.420 e. The molecule has 0 aliphatic heterocycles. The number of nitro groups is 1. The van der Waals surface area contributed by atoms with Crippen LogP contribution >= 0.6 is 23.2 Å². The molecule has 0 saturated carbocycles. The number of amides is 1. The quantitative estimate of drug-likeness (QED) is 0.527. The highest BCUT2D eigenvalue weighted by Crippen LogP contribution is 2.21. The zero-order valence-corrected chi connectivity index (χ0v) is 14.6. The maximum absolute atomic E-state index is 12.1. The fraction of sp³-hybridized carbons (Fsp3) is 0.125. The summed E-state index contributed by atoms with van der Waals surface area (Å²) in [5, 5.41) is 14.3. The number of oxazole rings is 1. The van der Waals surface area contributed by atoms with Crippen molar-refractivity contribution >= 4 is 45.9 Å². The van der Waals surface area contributed by atoms with Crippen LogP contribution in [0.3, 0.4) is 0 Å². The molecule has 10 heteroatoms. The number of benzene rings is 2. The second-order valence-corrected chi connectivity index (χ2v) is 6.22. The van der Waals surface area contributed by atoms with Crippen LogP contribution in [0.4, 0.5) is 5.69 Å². The summed E-state index contributed by atoms with van der Waals surface area (Å²) in [5.41, 5.74) is 0.794. The van der Waals surface area contributed by atoms with E-state index in [0.717, 1.165) is 10.6 Å². The highest BCUT2D eigenvalue weighted by atomic mass is 35.5. The molecule has 3 rings (SSSR count). The number of hydrogen-bond acceptors (Lipinski definition) is 5. The Hall–Kier alpha value is -2.84. The van der Waals surface area contributed by atoms with Gasteiger partial charge in [0.15, 0.2) is 5.58 Å². The van der Waals surface area contributed by atoms with Gasteiger partial charge in [-0.2, -0.15) is 0 Å². The molecule has 0 bridgehead atoms. The van der Waals surface area contributed by atoms with E-state index in [-0.39, 0.29) is 24.4 Å². The van der Waals surface area contributed by atoms with E-state index >= 15 is 0 Å². The van der Waals surface area contributed by atoms with Crippen LogP contribution in [0.5, 0.6) is 0 Å². The van der Waals surface area contributed by atoms with Gasteiger partial charge in [-0.15, -0.1) is 0 Å². The van der Waals surface area contributed by atoms with Crippen molar-refractivity contribution in [1.82, 2.24) is 9.88 Å². The topological polar surface area (TPSA) is 107 Å². The fourth-order valence-electron chi connectivity index (χ4n) is 2.38. The molecular weight excluding hydrogens is 385 g/mol. The predicted octanol–water partition coefficient (Wildman–Crippen LogP) is 3.13. The lowest BCUT2D eigenvalue weighted by Crippen LogP contribution is -2.30. The molecule has 134 valence electrons. The zero-order valence-electron chi connectivity index (χ0n) is 13.1. The molecule has 0 spiro atoms. The average molecular weight is 396 g/mol. The van der Waals surface area contributed by atoms with Gasteiger partial charge in [0, 0.05) is 22.7 Å². The number of carbonyl (C=O) groups is 1. The Morgan fingerprint density at radius 2 is 2.00 bits per heavy atom. The minimum Gasteiger partial charge on any atom is -0.407 e. The van der Waals surface area contributed by atoms with Crippen molar-refractivity contribution < 1.29 is 14.1 Å². The Morgan fingerprint density at radius 1 is 1.23 bits per heavy atom. The molecule has 0 fully saturated rings. The number of fused-ring (bicyclic) bond motifs is 1. The van der Waals surface area contributed by atoms with Crippen LogP contribution in [-0.2, 0) is 17.9 Å². The monoisotopic (exact) mass is 395 g/mol. The van der Waals surface area contributed by atoms with Gasteiger partial charge in [-0.25, -0.2) is 4.79 Å². The summed E-state index contributed by atoms with van der Waals surface area (Å²) in [5.74, 6) is -1.22. The molecule has 3 aromatic rings. The Kier molecular flexibility index (Phi) is 4.97. The van der Waals surface area contributed by atoms with Gasteiger partial charge in [0.1, 0.15) is 6.54 Å². The molecule has 0 radical (unpaired) electrons. The zero-order chi connectivity index (χ0) is 18.8. The van der Waals surface area contributed by atoms with Gasteiger partial charge in [-0.05, 0) is 23.8 Å². The van der Waals surface area contributed by atoms with Crippen molar-refractivity contribution in [3.05, 3.63) is 72.7 Å².